The van der Waals surface area contributed by atoms with Crippen LogP contribution < -0.4 is 0 Å². The molecule has 0 aliphatic carbocycles. The van der Waals surface area contributed by atoms with Crippen molar-refractivity contribution in [3.8, 4) is 0 Å². The van der Waals surface area contributed by atoms with Gasteiger partial charge in [-0.15, -0.1) is 11.8 Å². The van der Waals surface area contributed by atoms with Gasteiger partial charge in [0.1, 0.15) is 5.25 Å². The van der Waals surface area contributed by atoms with Crippen LogP contribution in [-0.2, 0) is 9.59 Å². The van der Waals surface area contributed by atoms with Crippen molar-refractivity contribution in [2.75, 3.05) is 26.2 Å². The second kappa shape index (κ2) is 8.78. The Morgan fingerprint density at radius 3 is 2.30 bits per heavy atom. The number of carboxylic acids is 1. The normalized spacial score (nSPS) is 19.1. The lowest BCUT2D eigenvalue weighted by atomic mass is 9.95. The van der Waals surface area contributed by atoms with Gasteiger partial charge in [-0.05, 0) is 44.7 Å². The molecular formula is C20H26N2O4S. The maximum atomic E-state index is 13.0. The Hall–Kier alpha value is -2.02. The molecular weight excluding hydrogens is 364 g/mol. The Morgan fingerprint density at radius 2 is 1.67 bits per heavy atom. The van der Waals surface area contributed by atoms with E-state index >= 15 is 0 Å². The Bertz CT molecular complexity index is 710. The molecule has 1 aromatic rings. The van der Waals surface area contributed by atoms with E-state index in [-0.39, 0.29) is 17.7 Å². The number of piperidine rings is 1. The van der Waals surface area contributed by atoms with Crippen molar-refractivity contribution in [2.24, 2.45) is 5.92 Å². The predicted molar refractivity (Wildman–Crippen MR) is 104 cm³/mol. The molecule has 2 heterocycles. The van der Waals surface area contributed by atoms with E-state index in [9.17, 15) is 14.4 Å². The molecule has 0 bridgehead atoms. The molecule has 2 fully saturated rings. The number of rotatable bonds is 5. The largest absolute Gasteiger partial charge is 0.480 e. The minimum absolute atomic E-state index is 0.0174. The number of nitrogens with zero attached hydrogens (tertiary/aromatic N) is 2. The van der Waals surface area contributed by atoms with Crippen molar-refractivity contribution >= 4 is 29.5 Å². The first-order chi connectivity index (χ1) is 13.0. The van der Waals surface area contributed by atoms with Crippen molar-refractivity contribution in [1.29, 1.82) is 0 Å². The SMILES string of the molecule is CC(Sc1ccccc1C(=O)N1CCC(C(=O)N2CCCC2)CC1)C(=O)O. The summed E-state index contributed by atoms with van der Waals surface area (Å²) in [7, 11) is 0. The summed E-state index contributed by atoms with van der Waals surface area (Å²) in [6.07, 6.45) is 3.57. The number of carbonyl (C=O) groups excluding carboxylic acids is 2. The second-order valence-electron chi connectivity index (χ2n) is 7.19. The topological polar surface area (TPSA) is 77.9 Å². The first kappa shape index (κ1) is 19.7. The molecule has 1 atom stereocenters. The number of thioether (sulfide) groups is 1. The van der Waals surface area contributed by atoms with Gasteiger partial charge >= 0.3 is 5.97 Å². The molecule has 1 unspecified atom stereocenters. The van der Waals surface area contributed by atoms with Gasteiger partial charge in [0, 0.05) is 37.0 Å². The van der Waals surface area contributed by atoms with Gasteiger partial charge in [-0.25, -0.2) is 0 Å². The number of aliphatic carboxylic acids is 1. The Morgan fingerprint density at radius 1 is 1.04 bits per heavy atom. The quantitative estimate of drug-likeness (QED) is 0.782. The van der Waals surface area contributed by atoms with Crippen LogP contribution in [0.5, 0.6) is 0 Å². The van der Waals surface area contributed by atoms with Gasteiger partial charge in [0.25, 0.3) is 5.91 Å². The molecule has 3 rings (SSSR count). The average Bonchev–Trinajstić information content (AvgIpc) is 3.22. The smallest absolute Gasteiger partial charge is 0.316 e. The Balaban J connectivity index is 1.62. The summed E-state index contributed by atoms with van der Waals surface area (Å²) in [6.45, 7) is 4.48. The summed E-state index contributed by atoms with van der Waals surface area (Å²) >= 11 is 1.19. The molecule has 146 valence electrons. The summed E-state index contributed by atoms with van der Waals surface area (Å²) in [6, 6.07) is 7.16. The van der Waals surface area contributed by atoms with E-state index in [2.05, 4.69) is 0 Å². The van der Waals surface area contributed by atoms with Gasteiger partial charge in [0.15, 0.2) is 0 Å². The number of hydrogen-bond donors (Lipinski definition) is 1. The molecule has 0 aromatic heterocycles. The van der Waals surface area contributed by atoms with Crippen LogP contribution in [0.4, 0.5) is 0 Å². The van der Waals surface area contributed by atoms with E-state index in [4.69, 9.17) is 5.11 Å². The summed E-state index contributed by atoms with van der Waals surface area (Å²) in [5.41, 5.74) is 0.542. The van der Waals surface area contributed by atoms with E-state index < -0.39 is 11.2 Å². The van der Waals surface area contributed by atoms with E-state index in [1.165, 1.54) is 11.8 Å². The van der Waals surface area contributed by atoms with Crippen molar-refractivity contribution in [2.45, 2.75) is 42.8 Å². The fourth-order valence-corrected chi connectivity index (χ4v) is 4.60. The molecule has 2 amide bonds. The fraction of sp³-hybridized carbons (Fsp3) is 0.550. The third kappa shape index (κ3) is 4.64. The highest BCUT2D eigenvalue weighted by Gasteiger charge is 2.32. The third-order valence-electron chi connectivity index (χ3n) is 5.32. The zero-order valence-electron chi connectivity index (χ0n) is 15.6. The highest BCUT2D eigenvalue weighted by Crippen LogP contribution is 2.29. The average molecular weight is 391 g/mol. The summed E-state index contributed by atoms with van der Waals surface area (Å²) in [5.74, 6) is -0.721. The molecule has 2 saturated heterocycles. The van der Waals surface area contributed by atoms with E-state index in [1.54, 1.807) is 30.0 Å². The second-order valence-corrected chi connectivity index (χ2v) is 8.58. The monoisotopic (exact) mass is 390 g/mol. The molecule has 0 spiro atoms. The van der Waals surface area contributed by atoms with Gasteiger partial charge in [0.2, 0.25) is 5.91 Å². The number of carboxylic acid groups (broad SMARTS) is 1. The maximum absolute atomic E-state index is 13.0. The highest BCUT2D eigenvalue weighted by molar-refractivity contribution is 8.00. The van der Waals surface area contributed by atoms with Crippen LogP contribution >= 0.6 is 11.8 Å². The number of carbonyl (C=O) groups is 3. The van der Waals surface area contributed by atoms with Crippen LogP contribution in [0.2, 0.25) is 0 Å². The van der Waals surface area contributed by atoms with E-state index in [1.807, 2.05) is 11.0 Å². The minimum atomic E-state index is -0.900. The van der Waals surface area contributed by atoms with Crippen LogP contribution in [0, 0.1) is 5.92 Å². The van der Waals surface area contributed by atoms with E-state index in [0.717, 1.165) is 25.9 Å². The number of benzene rings is 1. The third-order valence-corrected chi connectivity index (χ3v) is 6.48. The first-order valence-corrected chi connectivity index (χ1v) is 10.4. The molecule has 0 radical (unpaired) electrons. The van der Waals surface area contributed by atoms with Gasteiger partial charge in [-0.1, -0.05) is 12.1 Å². The molecule has 1 aromatic carbocycles. The van der Waals surface area contributed by atoms with Crippen LogP contribution in [0.25, 0.3) is 0 Å². The lowest BCUT2D eigenvalue weighted by molar-refractivity contribution is -0.136. The standard InChI is InChI=1S/C20H26N2O4S/c1-14(20(25)26)27-17-7-3-2-6-16(17)19(24)22-12-8-15(9-13-22)18(23)21-10-4-5-11-21/h2-3,6-7,14-15H,4-5,8-13H2,1H3,(H,25,26). The zero-order valence-corrected chi connectivity index (χ0v) is 16.4. The van der Waals surface area contributed by atoms with E-state index in [0.29, 0.717) is 36.4 Å². The zero-order chi connectivity index (χ0) is 19.4. The van der Waals surface area contributed by atoms with Crippen molar-refractivity contribution in [3.05, 3.63) is 29.8 Å². The molecule has 27 heavy (non-hydrogen) atoms. The van der Waals surface area contributed by atoms with Crippen LogP contribution in [0.3, 0.4) is 0 Å². The maximum Gasteiger partial charge on any atom is 0.316 e. The molecule has 0 saturated carbocycles. The fourth-order valence-electron chi connectivity index (χ4n) is 3.68. The number of likely N-dealkylation sites (tertiary alicyclic amines) is 2. The van der Waals surface area contributed by atoms with Crippen molar-refractivity contribution in [3.63, 3.8) is 0 Å². The Labute approximate surface area is 163 Å². The highest BCUT2D eigenvalue weighted by atomic mass is 32.2. The van der Waals surface area contributed by atoms with Crippen molar-refractivity contribution in [1.82, 2.24) is 9.80 Å². The lowest BCUT2D eigenvalue weighted by Crippen LogP contribution is -2.43. The molecule has 2 aliphatic rings. The summed E-state index contributed by atoms with van der Waals surface area (Å²) < 4.78 is 0. The van der Waals surface area contributed by atoms with Gasteiger partial charge < -0.3 is 14.9 Å². The van der Waals surface area contributed by atoms with Crippen LogP contribution in [0.15, 0.2) is 29.2 Å². The van der Waals surface area contributed by atoms with Gasteiger partial charge in [-0.2, -0.15) is 0 Å². The van der Waals surface area contributed by atoms with Crippen LogP contribution in [0.1, 0.15) is 43.0 Å². The lowest BCUT2D eigenvalue weighted by Gasteiger charge is -2.33. The number of amides is 2. The van der Waals surface area contributed by atoms with Gasteiger partial charge in [0.05, 0.1) is 5.56 Å². The van der Waals surface area contributed by atoms with Crippen LogP contribution in [-0.4, -0.2) is 64.1 Å². The predicted octanol–water partition coefficient (Wildman–Crippen LogP) is 2.73. The van der Waals surface area contributed by atoms with Crippen molar-refractivity contribution < 1.29 is 19.5 Å². The molecule has 1 N–H and O–H groups in total. The molecule has 2 aliphatic heterocycles. The number of hydrogen-bond acceptors (Lipinski definition) is 4. The van der Waals surface area contributed by atoms with Gasteiger partial charge in [-0.3, -0.25) is 14.4 Å². The summed E-state index contributed by atoms with van der Waals surface area (Å²) in [5, 5.41) is 8.52. The Kier molecular flexibility index (Phi) is 6.42. The minimum Gasteiger partial charge on any atom is -0.480 e. The summed E-state index contributed by atoms with van der Waals surface area (Å²) in [4.78, 5) is 41.1. The molecule has 7 heteroatoms. The molecule has 6 nitrogen and oxygen atoms in total. The first-order valence-electron chi connectivity index (χ1n) is 9.54.